The number of nitrogens with one attached hydrogen (secondary N) is 1. The second kappa shape index (κ2) is 8.21. The van der Waals surface area contributed by atoms with E-state index in [-0.39, 0.29) is 18.9 Å². The second-order valence-corrected chi connectivity index (χ2v) is 5.41. The van der Waals surface area contributed by atoms with Crippen LogP contribution in [0.25, 0.3) is 11.4 Å². The lowest BCUT2D eigenvalue weighted by molar-refractivity contribution is -0.145. The number of esters is 1. The summed E-state index contributed by atoms with van der Waals surface area (Å²) in [5.74, 6) is 0.346. The van der Waals surface area contributed by atoms with Gasteiger partial charge in [-0.05, 0) is 36.8 Å². The Bertz CT molecular complexity index is 866. The molecule has 0 saturated carbocycles. The maximum Gasteiger partial charge on any atom is 0.327 e. The number of phenols is 1. The van der Waals surface area contributed by atoms with Crippen molar-refractivity contribution in [2.75, 3.05) is 6.61 Å². The van der Waals surface area contributed by atoms with Gasteiger partial charge in [0.15, 0.2) is 0 Å². The lowest BCUT2D eigenvalue weighted by Gasteiger charge is -2.16. The predicted octanol–water partition coefficient (Wildman–Crippen LogP) is 2.23. The Kier molecular flexibility index (Phi) is 5.55. The van der Waals surface area contributed by atoms with E-state index in [1.54, 1.807) is 37.5 Å². The van der Waals surface area contributed by atoms with Gasteiger partial charge in [0.05, 0.1) is 13.2 Å². The fourth-order valence-corrected chi connectivity index (χ4v) is 2.40. The van der Waals surface area contributed by atoms with Crippen molar-refractivity contribution in [1.82, 2.24) is 20.4 Å². The van der Waals surface area contributed by atoms with Crippen LogP contribution >= 0.6 is 0 Å². The number of hydrogen-bond acceptors (Lipinski definition) is 8. The van der Waals surface area contributed by atoms with E-state index in [0.717, 1.165) is 5.56 Å². The third-order valence-electron chi connectivity index (χ3n) is 3.57. The number of carbonyl (C=O) groups excluding carboxylic acids is 1. The van der Waals surface area contributed by atoms with Gasteiger partial charge in [-0.1, -0.05) is 17.3 Å². The summed E-state index contributed by atoms with van der Waals surface area (Å²) >= 11 is 0. The molecule has 3 aromatic rings. The molecule has 0 aliphatic rings. The van der Waals surface area contributed by atoms with Crippen molar-refractivity contribution in [3.63, 3.8) is 0 Å². The van der Waals surface area contributed by atoms with E-state index in [2.05, 4.69) is 20.4 Å². The van der Waals surface area contributed by atoms with Crippen LogP contribution < -0.4 is 5.32 Å². The lowest BCUT2D eigenvalue weighted by Crippen LogP contribution is -2.30. The van der Waals surface area contributed by atoms with Gasteiger partial charge in [-0.3, -0.25) is 10.3 Å². The highest BCUT2D eigenvalue weighted by molar-refractivity contribution is 5.77. The highest BCUT2D eigenvalue weighted by Gasteiger charge is 2.23. The molecule has 0 fully saturated rings. The summed E-state index contributed by atoms with van der Waals surface area (Å²) in [6, 6.07) is 9.25. The average Bonchev–Trinajstić information content (AvgIpc) is 3.12. The normalized spacial score (nSPS) is 11.9. The quantitative estimate of drug-likeness (QED) is 0.622. The number of carbonyl (C=O) groups is 1. The number of aromatic nitrogens is 3. The highest BCUT2D eigenvalue weighted by atomic mass is 16.5. The molecule has 8 nitrogen and oxygen atoms in total. The molecule has 26 heavy (non-hydrogen) atoms. The maximum atomic E-state index is 12.3. The zero-order valence-corrected chi connectivity index (χ0v) is 14.1. The van der Waals surface area contributed by atoms with Gasteiger partial charge in [-0.15, -0.1) is 0 Å². The molecule has 0 spiro atoms. The molecule has 2 aromatic heterocycles. The first-order valence-electron chi connectivity index (χ1n) is 8.09. The van der Waals surface area contributed by atoms with E-state index in [4.69, 9.17) is 9.26 Å². The molecule has 0 unspecified atom stereocenters. The van der Waals surface area contributed by atoms with Crippen LogP contribution in [0.4, 0.5) is 0 Å². The van der Waals surface area contributed by atoms with Crippen molar-refractivity contribution in [1.29, 1.82) is 0 Å². The number of pyridine rings is 1. The molecule has 3 rings (SSSR count). The zero-order valence-electron chi connectivity index (χ0n) is 14.1. The molecular weight excluding hydrogens is 336 g/mol. The fraction of sp³-hybridized carbons (Fsp3) is 0.222. The fourth-order valence-electron chi connectivity index (χ4n) is 2.40. The molecule has 1 atom stereocenters. The molecule has 0 aliphatic heterocycles. The number of ether oxygens (including phenoxy) is 1. The third kappa shape index (κ3) is 4.22. The van der Waals surface area contributed by atoms with Crippen molar-refractivity contribution >= 4 is 5.97 Å². The van der Waals surface area contributed by atoms with Gasteiger partial charge in [0.2, 0.25) is 11.7 Å². The van der Waals surface area contributed by atoms with Crippen LogP contribution in [0.3, 0.4) is 0 Å². The minimum Gasteiger partial charge on any atom is -0.508 e. The average molecular weight is 354 g/mol. The maximum absolute atomic E-state index is 12.3. The van der Waals surface area contributed by atoms with E-state index in [9.17, 15) is 9.90 Å². The Hall–Kier alpha value is -3.26. The molecule has 0 amide bonds. The van der Waals surface area contributed by atoms with Gasteiger partial charge in [0, 0.05) is 18.0 Å². The number of rotatable bonds is 7. The van der Waals surface area contributed by atoms with Crippen molar-refractivity contribution in [3.8, 4) is 17.1 Å². The Balaban J connectivity index is 1.74. The SMILES string of the molecule is CCOC(=O)[C@@H](NCc1nc(-c2cccnc2)no1)c1cccc(O)c1. The molecule has 2 N–H and O–H groups in total. The summed E-state index contributed by atoms with van der Waals surface area (Å²) in [7, 11) is 0. The van der Waals surface area contributed by atoms with E-state index < -0.39 is 12.0 Å². The Morgan fingerprint density at radius 2 is 2.23 bits per heavy atom. The van der Waals surface area contributed by atoms with Crippen LogP contribution in [0.2, 0.25) is 0 Å². The summed E-state index contributed by atoms with van der Waals surface area (Å²) in [4.78, 5) is 20.6. The van der Waals surface area contributed by atoms with E-state index in [0.29, 0.717) is 17.3 Å². The number of aromatic hydroxyl groups is 1. The first kappa shape index (κ1) is 17.6. The van der Waals surface area contributed by atoms with Gasteiger partial charge >= 0.3 is 5.97 Å². The highest BCUT2D eigenvalue weighted by Crippen LogP contribution is 2.20. The molecule has 8 heteroatoms. The number of phenolic OH excluding ortho intramolecular Hbond substituents is 1. The van der Waals surface area contributed by atoms with Gasteiger partial charge in [-0.2, -0.15) is 4.98 Å². The Labute approximate surface area is 149 Å². The van der Waals surface area contributed by atoms with E-state index >= 15 is 0 Å². The van der Waals surface area contributed by atoms with Gasteiger partial charge in [-0.25, -0.2) is 4.79 Å². The van der Waals surface area contributed by atoms with Gasteiger partial charge in [0.1, 0.15) is 11.8 Å². The van der Waals surface area contributed by atoms with Crippen molar-refractivity contribution in [3.05, 3.63) is 60.2 Å². The van der Waals surface area contributed by atoms with Crippen LogP contribution in [-0.2, 0) is 16.1 Å². The van der Waals surface area contributed by atoms with Crippen LogP contribution in [0.15, 0.2) is 53.3 Å². The third-order valence-corrected chi connectivity index (χ3v) is 3.57. The molecule has 2 heterocycles. The van der Waals surface area contributed by atoms with Gasteiger partial charge < -0.3 is 14.4 Å². The smallest absolute Gasteiger partial charge is 0.327 e. The molecular formula is C18H18N4O4. The summed E-state index contributed by atoms with van der Waals surface area (Å²) in [5.41, 5.74) is 1.31. The minimum absolute atomic E-state index is 0.0650. The van der Waals surface area contributed by atoms with Crippen molar-refractivity contribution in [2.45, 2.75) is 19.5 Å². The van der Waals surface area contributed by atoms with Crippen molar-refractivity contribution in [2.24, 2.45) is 0 Å². The van der Waals surface area contributed by atoms with Gasteiger partial charge in [0.25, 0.3) is 0 Å². The first-order chi connectivity index (χ1) is 12.7. The summed E-state index contributed by atoms with van der Waals surface area (Å²) < 4.78 is 10.3. The number of benzene rings is 1. The summed E-state index contributed by atoms with van der Waals surface area (Å²) in [6.45, 7) is 2.14. The molecule has 0 aliphatic carbocycles. The molecule has 0 bridgehead atoms. The second-order valence-electron chi connectivity index (χ2n) is 5.41. The molecule has 0 saturated heterocycles. The first-order valence-corrected chi connectivity index (χ1v) is 8.09. The molecule has 1 aromatic carbocycles. The van der Waals surface area contributed by atoms with Crippen molar-refractivity contribution < 1.29 is 19.2 Å². The zero-order chi connectivity index (χ0) is 18.4. The predicted molar refractivity (Wildman–Crippen MR) is 91.8 cm³/mol. The van der Waals surface area contributed by atoms with Crippen LogP contribution in [-0.4, -0.2) is 32.8 Å². The summed E-state index contributed by atoms with van der Waals surface area (Å²) in [5, 5.41) is 16.6. The Morgan fingerprint density at radius 3 is 2.96 bits per heavy atom. The largest absolute Gasteiger partial charge is 0.508 e. The van der Waals surface area contributed by atoms with Crippen LogP contribution in [0.5, 0.6) is 5.75 Å². The van der Waals surface area contributed by atoms with E-state index in [1.165, 1.54) is 12.1 Å². The lowest BCUT2D eigenvalue weighted by atomic mass is 10.1. The van der Waals surface area contributed by atoms with E-state index in [1.807, 2.05) is 6.07 Å². The summed E-state index contributed by atoms with van der Waals surface area (Å²) in [6.07, 6.45) is 3.29. The number of hydrogen-bond donors (Lipinski definition) is 2. The van der Waals surface area contributed by atoms with Crippen LogP contribution in [0, 0.1) is 0 Å². The number of nitrogens with zero attached hydrogens (tertiary/aromatic N) is 3. The van der Waals surface area contributed by atoms with Crippen LogP contribution in [0.1, 0.15) is 24.4 Å². The minimum atomic E-state index is -0.768. The standard InChI is InChI=1S/C18H18N4O4/c1-2-25-18(24)16(12-5-3-7-14(23)9-12)20-11-15-21-17(22-26-15)13-6-4-8-19-10-13/h3-10,16,20,23H,2,11H2,1H3/t16-/m0/s1. The monoisotopic (exact) mass is 354 g/mol. The Morgan fingerprint density at radius 1 is 1.35 bits per heavy atom. The molecule has 134 valence electrons. The molecule has 0 radical (unpaired) electrons. The topological polar surface area (TPSA) is 110 Å².